The van der Waals surface area contributed by atoms with Gasteiger partial charge in [-0.1, -0.05) is 12.1 Å². The van der Waals surface area contributed by atoms with Crippen molar-refractivity contribution in [3.63, 3.8) is 0 Å². The number of nitrogens with zero attached hydrogens (tertiary/aromatic N) is 2. The molecule has 0 aliphatic carbocycles. The predicted octanol–water partition coefficient (Wildman–Crippen LogP) is 2.52. The van der Waals surface area contributed by atoms with Crippen LogP contribution in [0.5, 0.6) is 0 Å². The van der Waals surface area contributed by atoms with Crippen molar-refractivity contribution in [3.8, 4) is 12.3 Å². The summed E-state index contributed by atoms with van der Waals surface area (Å²) in [7, 11) is 0. The Hall–Kier alpha value is -2.72. The maximum atomic E-state index is 12.0. The van der Waals surface area contributed by atoms with Gasteiger partial charge in [0.1, 0.15) is 5.69 Å². The highest BCUT2D eigenvalue weighted by Gasteiger charge is 2.15. The van der Waals surface area contributed by atoms with Crippen LogP contribution < -0.4 is 5.32 Å². The van der Waals surface area contributed by atoms with E-state index in [-0.39, 0.29) is 23.3 Å². The van der Waals surface area contributed by atoms with Crippen molar-refractivity contribution in [1.82, 2.24) is 10.3 Å². The standard InChI is InChI=1S/C14H11N3O3S/c1-3-13-16-12(8-21-13)14(18)15-9(2)10-4-6-11(7-5-10)17(19)20/h1,4-9H,2H3,(H,15,18). The summed E-state index contributed by atoms with van der Waals surface area (Å²) in [6.45, 7) is 1.79. The fourth-order valence-corrected chi connectivity index (χ4v) is 2.29. The summed E-state index contributed by atoms with van der Waals surface area (Å²) in [5.41, 5.74) is 1.04. The molecule has 0 saturated carbocycles. The summed E-state index contributed by atoms with van der Waals surface area (Å²) in [6, 6.07) is 5.72. The van der Waals surface area contributed by atoms with E-state index in [1.54, 1.807) is 24.4 Å². The quantitative estimate of drug-likeness (QED) is 0.534. The van der Waals surface area contributed by atoms with Gasteiger partial charge in [-0.15, -0.1) is 17.8 Å². The highest BCUT2D eigenvalue weighted by atomic mass is 32.1. The molecule has 1 N–H and O–H groups in total. The number of hydrogen-bond acceptors (Lipinski definition) is 5. The minimum atomic E-state index is -0.469. The van der Waals surface area contributed by atoms with Gasteiger partial charge in [-0.25, -0.2) is 4.98 Å². The van der Waals surface area contributed by atoms with E-state index in [0.29, 0.717) is 5.01 Å². The third-order valence-electron chi connectivity index (χ3n) is 2.81. The molecule has 1 aromatic carbocycles. The average molecular weight is 301 g/mol. The number of carbonyl (C=O) groups is 1. The van der Waals surface area contributed by atoms with E-state index in [1.165, 1.54) is 23.5 Å². The summed E-state index contributed by atoms with van der Waals surface area (Å²) in [5, 5.41) is 15.4. The Morgan fingerprint density at radius 3 is 2.67 bits per heavy atom. The van der Waals surface area contributed by atoms with Crippen molar-refractivity contribution in [3.05, 3.63) is 56.0 Å². The summed E-state index contributed by atoms with van der Waals surface area (Å²) in [6.07, 6.45) is 5.21. The van der Waals surface area contributed by atoms with Crippen molar-refractivity contribution in [2.75, 3.05) is 0 Å². The number of rotatable bonds is 4. The Kier molecular flexibility index (Phi) is 4.30. The molecule has 0 aliphatic heterocycles. The minimum absolute atomic E-state index is 0.00967. The van der Waals surface area contributed by atoms with Crippen molar-refractivity contribution in [2.45, 2.75) is 13.0 Å². The second-order valence-corrected chi connectivity index (χ2v) is 5.08. The lowest BCUT2D eigenvalue weighted by molar-refractivity contribution is -0.384. The molecule has 2 aromatic rings. The van der Waals surface area contributed by atoms with Crippen LogP contribution in [0.15, 0.2) is 29.6 Å². The maximum Gasteiger partial charge on any atom is 0.271 e. The van der Waals surface area contributed by atoms with Gasteiger partial charge in [-0.05, 0) is 18.4 Å². The lowest BCUT2D eigenvalue weighted by atomic mass is 10.1. The molecule has 2 rings (SSSR count). The van der Waals surface area contributed by atoms with Crippen LogP contribution in [0.4, 0.5) is 5.69 Å². The average Bonchev–Trinajstić information content (AvgIpc) is 2.96. The second-order valence-electron chi connectivity index (χ2n) is 4.23. The smallest absolute Gasteiger partial charge is 0.271 e. The van der Waals surface area contributed by atoms with Gasteiger partial charge in [0.05, 0.1) is 11.0 Å². The van der Waals surface area contributed by atoms with Crippen molar-refractivity contribution >= 4 is 22.9 Å². The number of hydrogen-bond donors (Lipinski definition) is 1. The van der Waals surface area contributed by atoms with E-state index in [0.717, 1.165) is 5.56 Å². The molecule has 0 radical (unpaired) electrons. The third-order valence-corrected chi connectivity index (χ3v) is 3.59. The Bertz CT molecular complexity index is 716. The molecule has 1 amide bonds. The zero-order chi connectivity index (χ0) is 15.4. The van der Waals surface area contributed by atoms with Gasteiger partial charge in [0.2, 0.25) is 0 Å². The number of nitro groups is 1. The van der Waals surface area contributed by atoms with Gasteiger partial charge in [0.25, 0.3) is 11.6 Å². The van der Waals surface area contributed by atoms with Gasteiger partial charge in [0, 0.05) is 17.5 Å². The number of thiazole rings is 1. The van der Waals surface area contributed by atoms with Crippen molar-refractivity contribution < 1.29 is 9.72 Å². The lowest BCUT2D eigenvalue weighted by Gasteiger charge is -2.13. The van der Waals surface area contributed by atoms with E-state index in [2.05, 4.69) is 16.2 Å². The normalized spacial score (nSPS) is 11.4. The molecular weight excluding hydrogens is 290 g/mol. The number of amides is 1. The first kappa shape index (κ1) is 14.7. The summed E-state index contributed by atoms with van der Waals surface area (Å²) < 4.78 is 0. The Morgan fingerprint density at radius 1 is 1.48 bits per heavy atom. The van der Waals surface area contributed by atoms with E-state index in [9.17, 15) is 14.9 Å². The summed E-state index contributed by atoms with van der Waals surface area (Å²) >= 11 is 1.22. The molecule has 21 heavy (non-hydrogen) atoms. The Morgan fingerprint density at radius 2 is 2.14 bits per heavy atom. The van der Waals surface area contributed by atoms with Crippen LogP contribution in [0.25, 0.3) is 0 Å². The van der Waals surface area contributed by atoms with E-state index in [1.807, 2.05) is 0 Å². The molecule has 7 heteroatoms. The molecule has 106 valence electrons. The number of carbonyl (C=O) groups excluding carboxylic acids is 1. The molecule has 0 bridgehead atoms. The first-order valence-corrected chi connectivity index (χ1v) is 6.86. The number of nitro benzene ring substituents is 1. The molecule has 0 fully saturated rings. The van der Waals surface area contributed by atoms with Gasteiger partial charge in [0.15, 0.2) is 5.01 Å². The first-order chi connectivity index (χ1) is 10.0. The van der Waals surface area contributed by atoms with Crippen LogP contribution in [0, 0.1) is 22.5 Å². The van der Waals surface area contributed by atoms with E-state index in [4.69, 9.17) is 6.42 Å². The number of aromatic nitrogens is 1. The zero-order valence-corrected chi connectivity index (χ0v) is 11.9. The van der Waals surface area contributed by atoms with Crippen LogP contribution in [-0.2, 0) is 0 Å². The predicted molar refractivity (Wildman–Crippen MR) is 79.0 cm³/mol. The molecule has 1 unspecified atom stereocenters. The first-order valence-electron chi connectivity index (χ1n) is 5.98. The molecular formula is C14H11N3O3S. The fraction of sp³-hybridized carbons (Fsp3) is 0.143. The topological polar surface area (TPSA) is 85.1 Å². The van der Waals surface area contributed by atoms with E-state index >= 15 is 0 Å². The number of terminal acetylenes is 1. The molecule has 0 spiro atoms. The monoisotopic (exact) mass is 301 g/mol. The van der Waals surface area contributed by atoms with Crippen LogP contribution >= 0.6 is 11.3 Å². The molecule has 0 saturated heterocycles. The Labute approximate surface area is 125 Å². The van der Waals surface area contributed by atoms with Crippen LogP contribution in [-0.4, -0.2) is 15.8 Å². The molecule has 1 aromatic heterocycles. The number of nitrogens with one attached hydrogen (secondary N) is 1. The highest BCUT2D eigenvalue weighted by Crippen LogP contribution is 2.18. The third kappa shape index (κ3) is 3.43. The number of non-ortho nitro benzene ring substituents is 1. The maximum absolute atomic E-state index is 12.0. The van der Waals surface area contributed by atoms with Gasteiger partial charge >= 0.3 is 0 Å². The zero-order valence-electron chi connectivity index (χ0n) is 11.1. The SMILES string of the molecule is C#Cc1nc(C(=O)NC(C)c2ccc([N+](=O)[O-])cc2)cs1. The van der Waals surface area contributed by atoms with Gasteiger partial charge < -0.3 is 5.32 Å². The summed E-state index contributed by atoms with van der Waals surface area (Å²) in [5.74, 6) is 2.03. The van der Waals surface area contributed by atoms with Crippen molar-refractivity contribution in [2.24, 2.45) is 0 Å². The van der Waals surface area contributed by atoms with Crippen LogP contribution in [0.2, 0.25) is 0 Å². The largest absolute Gasteiger partial charge is 0.344 e. The van der Waals surface area contributed by atoms with E-state index < -0.39 is 4.92 Å². The van der Waals surface area contributed by atoms with Gasteiger partial charge in [-0.3, -0.25) is 14.9 Å². The number of benzene rings is 1. The second kappa shape index (κ2) is 6.15. The van der Waals surface area contributed by atoms with Crippen LogP contribution in [0.1, 0.15) is 34.0 Å². The lowest BCUT2D eigenvalue weighted by Crippen LogP contribution is -2.26. The molecule has 1 atom stereocenters. The van der Waals surface area contributed by atoms with Gasteiger partial charge in [-0.2, -0.15) is 0 Å². The molecule has 0 aliphatic rings. The fourth-order valence-electron chi connectivity index (χ4n) is 1.68. The van der Waals surface area contributed by atoms with Crippen LogP contribution in [0.3, 0.4) is 0 Å². The highest BCUT2D eigenvalue weighted by molar-refractivity contribution is 7.10. The Balaban J connectivity index is 2.06. The summed E-state index contributed by atoms with van der Waals surface area (Å²) in [4.78, 5) is 26.1. The minimum Gasteiger partial charge on any atom is -0.344 e. The molecule has 6 nitrogen and oxygen atoms in total. The van der Waals surface area contributed by atoms with Crippen molar-refractivity contribution in [1.29, 1.82) is 0 Å². The molecule has 1 heterocycles.